The molecule has 0 N–H and O–H groups in total. The topological polar surface area (TPSA) is 0 Å². The number of aryl methyl sites for hydroxylation is 2. The molecule has 2 heteroatoms. The summed E-state index contributed by atoms with van der Waals surface area (Å²) in [6.45, 7) is 9.54. The molecule has 2 atom stereocenters. The third-order valence-electron chi connectivity index (χ3n) is 10.3. The van der Waals surface area contributed by atoms with Crippen molar-refractivity contribution in [3.8, 4) is 22.3 Å². The van der Waals surface area contributed by atoms with Gasteiger partial charge < -0.3 is 0 Å². The van der Waals surface area contributed by atoms with Gasteiger partial charge in [-0.3, -0.25) is 0 Å². The van der Waals surface area contributed by atoms with Gasteiger partial charge >= 0.3 is 241 Å². The zero-order valence-corrected chi connectivity index (χ0v) is 28.7. The second kappa shape index (κ2) is 8.98. The van der Waals surface area contributed by atoms with Crippen LogP contribution in [0.3, 0.4) is 0 Å². The zero-order chi connectivity index (χ0) is 27.1. The molecule has 0 saturated carbocycles. The fraction of sp³-hybridized carbons (Fsp3) is 0.243. The Bertz CT molecular complexity index is 1560. The van der Waals surface area contributed by atoms with E-state index in [1.807, 2.05) is 10.4 Å². The molecular formula is C37H38HfSi. The monoisotopic (exact) mass is 690 g/mol. The molecule has 3 aliphatic rings. The Labute approximate surface area is 239 Å². The van der Waals surface area contributed by atoms with E-state index in [4.69, 9.17) is 0 Å². The number of rotatable bonds is 3. The summed E-state index contributed by atoms with van der Waals surface area (Å²) in [4.78, 5) is 0. The molecule has 1 heterocycles. The molecule has 39 heavy (non-hydrogen) atoms. The molecule has 2 unspecified atom stereocenters. The summed E-state index contributed by atoms with van der Waals surface area (Å²) in [6.07, 6.45) is 5.40. The molecule has 7 rings (SSSR count). The number of hydrogen-bond acceptors (Lipinski definition) is 0. The van der Waals surface area contributed by atoms with E-state index in [1.54, 1.807) is 11.1 Å². The first-order valence-electron chi connectivity index (χ1n) is 14.6. The molecule has 194 valence electrons. The van der Waals surface area contributed by atoms with Gasteiger partial charge in [0.2, 0.25) is 0 Å². The standard InChI is InChI=1S/C35H32Si.2CH3.Hf/c1-5-36(4,30-20-28-8-6-10-32(34(28)22-30)26-16-12-24(2)13-17-26)31-21-29-9-7-11-33(35(29)23-31)27-18-14-25(3)15-19-27;;;/h6-23H,5H2,1-4H3;2*1H3;. The SMILES string of the molecule is CC[Si]1(C)C2=Cc3c(-c4ccc(C)cc4)cccc3[CH]2[Hf]([CH3])([CH3])[CH]2C1=Cc1c(-c3ccc(C)cc3)cccc12. The molecule has 0 bridgehead atoms. The Morgan fingerprint density at radius 1 is 0.615 bits per heavy atom. The van der Waals surface area contributed by atoms with Crippen LogP contribution in [0.15, 0.2) is 95.3 Å². The van der Waals surface area contributed by atoms with Gasteiger partial charge in [0, 0.05) is 0 Å². The quantitative estimate of drug-likeness (QED) is 0.188. The van der Waals surface area contributed by atoms with Gasteiger partial charge in [0.05, 0.1) is 0 Å². The van der Waals surface area contributed by atoms with E-state index in [0.29, 0.717) is 7.35 Å². The third-order valence-corrected chi connectivity index (χ3v) is 32.4. The van der Waals surface area contributed by atoms with Crippen molar-refractivity contribution >= 4 is 20.2 Å². The van der Waals surface area contributed by atoms with Crippen LogP contribution < -0.4 is 0 Å². The van der Waals surface area contributed by atoms with Crippen LogP contribution in [0.4, 0.5) is 0 Å². The van der Waals surface area contributed by atoms with Crippen molar-refractivity contribution in [2.75, 3.05) is 0 Å². The first-order chi connectivity index (χ1) is 18.7. The average Bonchev–Trinajstić information content (AvgIpc) is 3.54. The summed E-state index contributed by atoms with van der Waals surface area (Å²) in [7, 11) is -1.84. The molecular weight excluding hydrogens is 651 g/mol. The number of hydrogen-bond donors (Lipinski definition) is 0. The van der Waals surface area contributed by atoms with Crippen LogP contribution in [0.1, 0.15) is 47.7 Å². The minimum absolute atomic E-state index is 0.686. The van der Waals surface area contributed by atoms with Gasteiger partial charge in [0.1, 0.15) is 0 Å². The van der Waals surface area contributed by atoms with Crippen LogP contribution >= 0.6 is 0 Å². The number of fused-ring (bicyclic) bond motifs is 6. The summed E-state index contributed by atoms with van der Waals surface area (Å²) in [5.41, 5.74) is 14.5. The first-order valence-corrected chi connectivity index (χ1v) is 28.6. The van der Waals surface area contributed by atoms with Crippen molar-refractivity contribution in [2.24, 2.45) is 0 Å². The fourth-order valence-corrected chi connectivity index (χ4v) is 39.8. The van der Waals surface area contributed by atoms with Crippen molar-refractivity contribution in [1.29, 1.82) is 0 Å². The third kappa shape index (κ3) is 3.63. The van der Waals surface area contributed by atoms with Crippen LogP contribution in [0.2, 0.25) is 22.0 Å². The molecule has 0 aromatic heterocycles. The molecule has 0 radical (unpaired) electrons. The Balaban J connectivity index is 1.44. The zero-order valence-electron chi connectivity index (χ0n) is 24.1. The Morgan fingerprint density at radius 2 is 1.03 bits per heavy atom. The van der Waals surface area contributed by atoms with Crippen LogP contribution in [-0.4, -0.2) is 8.07 Å². The van der Waals surface area contributed by atoms with E-state index in [9.17, 15) is 0 Å². The summed E-state index contributed by atoms with van der Waals surface area (Å²) >= 11 is -2.98. The van der Waals surface area contributed by atoms with Gasteiger partial charge in [-0.05, 0) is 0 Å². The maximum absolute atomic E-state index is 2.98. The maximum atomic E-state index is 2.77. The Morgan fingerprint density at radius 3 is 1.41 bits per heavy atom. The van der Waals surface area contributed by atoms with Crippen molar-refractivity contribution in [1.82, 2.24) is 0 Å². The molecule has 1 aliphatic heterocycles. The van der Waals surface area contributed by atoms with Gasteiger partial charge in [-0.2, -0.15) is 0 Å². The fourth-order valence-electron chi connectivity index (χ4n) is 8.07. The normalized spacial score (nSPS) is 23.8. The van der Waals surface area contributed by atoms with Gasteiger partial charge in [-0.1, -0.05) is 0 Å². The summed E-state index contributed by atoms with van der Waals surface area (Å²) in [6, 6.07) is 34.0. The Hall–Kier alpha value is -2.55. The van der Waals surface area contributed by atoms with E-state index in [2.05, 4.69) is 134 Å². The van der Waals surface area contributed by atoms with E-state index in [1.165, 1.54) is 50.6 Å². The second-order valence-electron chi connectivity index (χ2n) is 12.9. The van der Waals surface area contributed by atoms with Crippen LogP contribution in [0.5, 0.6) is 0 Å². The molecule has 2 aliphatic carbocycles. The number of allylic oxidation sites excluding steroid dienone is 2. The van der Waals surface area contributed by atoms with Gasteiger partial charge in [-0.15, -0.1) is 0 Å². The number of benzene rings is 4. The first kappa shape index (κ1) is 25.4. The van der Waals surface area contributed by atoms with Crippen LogP contribution in [0, 0.1) is 13.8 Å². The van der Waals surface area contributed by atoms with Crippen molar-refractivity contribution in [3.05, 3.63) is 129 Å². The van der Waals surface area contributed by atoms with E-state index >= 15 is 0 Å². The van der Waals surface area contributed by atoms with Gasteiger partial charge in [-0.25, -0.2) is 0 Å². The second-order valence-corrected chi connectivity index (χ2v) is 34.7. The molecule has 0 amide bonds. The molecule has 4 aromatic rings. The van der Waals surface area contributed by atoms with E-state index in [-0.39, 0.29) is 0 Å². The Kier molecular flexibility index (Phi) is 5.85. The van der Waals surface area contributed by atoms with Crippen LogP contribution in [0.25, 0.3) is 34.4 Å². The van der Waals surface area contributed by atoms with Gasteiger partial charge in [0.15, 0.2) is 0 Å². The predicted molar refractivity (Wildman–Crippen MR) is 168 cm³/mol. The summed E-state index contributed by atoms with van der Waals surface area (Å²) < 4.78 is 6.92. The minimum atomic E-state index is -2.98. The summed E-state index contributed by atoms with van der Waals surface area (Å²) in [5, 5.41) is 3.69. The van der Waals surface area contributed by atoms with Crippen molar-refractivity contribution in [2.45, 2.75) is 50.1 Å². The van der Waals surface area contributed by atoms with E-state index in [0.717, 1.165) is 0 Å². The molecule has 0 nitrogen and oxygen atoms in total. The molecule has 0 spiro atoms. The van der Waals surface area contributed by atoms with Crippen LogP contribution in [-0.2, 0) is 20.0 Å². The van der Waals surface area contributed by atoms with Crippen molar-refractivity contribution in [3.63, 3.8) is 0 Å². The molecule has 1 saturated heterocycles. The molecule has 1 fully saturated rings. The average molecular weight is 689 g/mol. The predicted octanol–water partition coefficient (Wildman–Crippen LogP) is 10.7. The summed E-state index contributed by atoms with van der Waals surface area (Å²) in [5.74, 6) is 0. The van der Waals surface area contributed by atoms with Crippen molar-refractivity contribution < 1.29 is 20.0 Å². The van der Waals surface area contributed by atoms with Gasteiger partial charge in [0.25, 0.3) is 0 Å². The van der Waals surface area contributed by atoms with E-state index < -0.39 is 28.0 Å². The molecule has 4 aromatic carbocycles.